The molecule has 1 saturated heterocycles. The first-order valence-electron chi connectivity index (χ1n) is 6.45. The minimum Gasteiger partial charge on any atom is -0.381 e. The van der Waals surface area contributed by atoms with Gasteiger partial charge in [0.1, 0.15) is 0 Å². The van der Waals surface area contributed by atoms with E-state index in [-0.39, 0.29) is 18.4 Å². The zero-order valence-corrected chi connectivity index (χ0v) is 10.6. The third kappa shape index (κ3) is 1.69. The number of nitrogens with two attached hydrogens (primary N) is 1. The average molecular weight is 260 g/mol. The van der Waals surface area contributed by atoms with Crippen LogP contribution in [0.15, 0.2) is 24.3 Å². The van der Waals surface area contributed by atoms with Gasteiger partial charge in [-0.25, -0.2) is 0 Å². The Morgan fingerprint density at radius 1 is 1.11 bits per heavy atom. The maximum Gasteiger partial charge on any atom is 0.262 e. The number of imide groups is 1. The first kappa shape index (κ1) is 12.3. The van der Waals surface area contributed by atoms with Crippen LogP contribution in [0.3, 0.4) is 0 Å². The normalized spacial score (nSPS) is 21.6. The molecule has 2 amide bonds. The van der Waals surface area contributed by atoms with Crippen molar-refractivity contribution in [3.05, 3.63) is 35.4 Å². The number of carbonyl (C=O) groups is 2. The fourth-order valence-electron chi connectivity index (χ4n) is 2.89. The molecular weight excluding hydrogens is 244 g/mol. The molecule has 2 aliphatic heterocycles. The fraction of sp³-hybridized carbons (Fsp3) is 0.429. The van der Waals surface area contributed by atoms with E-state index >= 15 is 0 Å². The summed E-state index contributed by atoms with van der Waals surface area (Å²) in [5, 5.41) is 0. The van der Waals surface area contributed by atoms with Gasteiger partial charge in [-0.1, -0.05) is 12.1 Å². The van der Waals surface area contributed by atoms with Crippen molar-refractivity contribution in [3.8, 4) is 0 Å². The minimum absolute atomic E-state index is 0.229. The van der Waals surface area contributed by atoms with E-state index < -0.39 is 5.54 Å². The van der Waals surface area contributed by atoms with Crippen LogP contribution in [0.1, 0.15) is 33.6 Å². The number of carbonyl (C=O) groups excluding carboxylic acids is 2. The molecule has 19 heavy (non-hydrogen) atoms. The van der Waals surface area contributed by atoms with Crippen LogP contribution in [-0.2, 0) is 4.74 Å². The van der Waals surface area contributed by atoms with Crippen molar-refractivity contribution in [2.75, 3.05) is 19.8 Å². The number of hydrogen-bond acceptors (Lipinski definition) is 4. The second-order valence-electron chi connectivity index (χ2n) is 5.03. The van der Waals surface area contributed by atoms with Crippen molar-refractivity contribution in [1.29, 1.82) is 0 Å². The highest BCUT2D eigenvalue weighted by atomic mass is 16.5. The smallest absolute Gasteiger partial charge is 0.262 e. The van der Waals surface area contributed by atoms with Gasteiger partial charge in [0.2, 0.25) is 0 Å². The molecule has 2 N–H and O–H groups in total. The molecule has 100 valence electrons. The molecular formula is C14H16N2O3. The summed E-state index contributed by atoms with van der Waals surface area (Å²) >= 11 is 0. The predicted octanol–water partition coefficient (Wildman–Crippen LogP) is 0.790. The van der Waals surface area contributed by atoms with Crippen LogP contribution in [0.4, 0.5) is 0 Å². The van der Waals surface area contributed by atoms with Gasteiger partial charge < -0.3 is 10.5 Å². The number of ether oxygens (including phenoxy) is 1. The van der Waals surface area contributed by atoms with Gasteiger partial charge in [-0.2, -0.15) is 0 Å². The lowest BCUT2D eigenvalue weighted by molar-refractivity contribution is -0.00774. The zero-order valence-electron chi connectivity index (χ0n) is 10.6. The van der Waals surface area contributed by atoms with Crippen molar-refractivity contribution in [2.45, 2.75) is 18.4 Å². The first-order chi connectivity index (χ1) is 9.19. The number of nitrogens with zero attached hydrogens (tertiary/aromatic N) is 1. The van der Waals surface area contributed by atoms with Gasteiger partial charge in [0.05, 0.1) is 16.7 Å². The van der Waals surface area contributed by atoms with Crippen molar-refractivity contribution in [3.63, 3.8) is 0 Å². The first-order valence-corrected chi connectivity index (χ1v) is 6.45. The van der Waals surface area contributed by atoms with E-state index in [1.165, 1.54) is 4.90 Å². The summed E-state index contributed by atoms with van der Waals surface area (Å²) in [6.07, 6.45) is 1.21. The van der Waals surface area contributed by atoms with Crippen LogP contribution in [-0.4, -0.2) is 42.0 Å². The van der Waals surface area contributed by atoms with Crippen molar-refractivity contribution < 1.29 is 14.3 Å². The van der Waals surface area contributed by atoms with Gasteiger partial charge in [0.15, 0.2) is 0 Å². The Bertz CT molecular complexity index is 500. The lowest BCUT2D eigenvalue weighted by atomic mass is 9.88. The topological polar surface area (TPSA) is 72.6 Å². The highest BCUT2D eigenvalue weighted by molar-refractivity contribution is 6.21. The molecule has 1 aromatic rings. The molecule has 0 radical (unpaired) electrons. The molecule has 3 rings (SSSR count). The van der Waals surface area contributed by atoms with Crippen molar-refractivity contribution in [2.24, 2.45) is 5.73 Å². The van der Waals surface area contributed by atoms with Gasteiger partial charge in [-0.15, -0.1) is 0 Å². The van der Waals surface area contributed by atoms with Crippen LogP contribution in [0, 0.1) is 0 Å². The van der Waals surface area contributed by atoms with Crippen molar-refractivity contribution >= 4 is 11.8 Å². The number of rotatable bonds is 2. The monoisotopic (exact) mass is 260 g/mol. The SMILES string of the molecule is NCC1(N2C(=O)c3ccccc3C2=O)CCOCC1. The second-order valence-corrected chi connectivity index (χ2v) is 5.03. The Balaban J connectivity index is 2.03. The standard InChI is InChI=1S/C14H16N2O3/c15-9-14(5-7-19-8-6-14)16-12(17)10-3-1-2-4-11(10)13(16)18/h1-4H,5-9,15H2. The molecule has 5 nitrogen and oxygen atoms in total. The molecule has 0 saturated carbocycles. The molecule has 0 atom stereocenters. The predicted molar refractivity (Wildman–Crippen MR) is 68.8 cm³/mol. The lowest BCUT2D eigenvalue weighted by Crippen LogP contribution is -2.59. The van der Waals surface area contributed by atoms with Crippen LogP contribution < -0.4 is 5.73 Å². The van der Waals surface area contributed by atoms with E-state index in [2.05, 4.69) is 0 Å². The fourth-order valence-corrected chi connectivity index (χ4v) is 2.89. The molecule has 0 spiro atoms. The van der Waals surface area contributed by atoms with Crippen LogP contribution in [0.25, 0.3) is 0 Å². The Morgan fingerprint density at radius 3 is 2.11 bits per heavy atom. The Morgan fingerprint density at radius 2 is 1.63 bits per heavy atom. The summed E-state index contributed by atoms with van der Waals surface area (Å²) < 4.78 is 5.33. The van der Waals surface area contributed by atoms with Gasteiger partial charge in [-0.05, 0) is 25.0 Å². The summed E-state index contributed by atoms with van der Waals surface area (Å²) in [4.78, 5) is 26.3. The molecule has 0 unspecified atom stereocenters. The lowest BCUT2D eigenvalue weighted by Gasteiger charge is -2.42. The Hall–Kier alpha value is -1.72. The van der Waals surface area contributed by atoms with E-state index in [9.17, 15) is 9.59 Å². The number of fused-ring (bicyclic) bond motifs is 1. The van der Waals surface area contributed by atoms with Crippen LogP contribution >= 0.6 is 0 Å². The van der Waals surface area contributed by atoms with Crippen LogP contribution in [0.5, 0.6) is 0 Å². The number of benzene rings is 1. The molecule has 1 aromatic carbocycles. The summed E-state index contributed by atoms with van der Waals surface area (Å²) in [7, 11) is 0. The Kier molecular flexibility index (Phi) is 2.88. The highest BCUT2D eigenvalue weighted by Gasteiger charge is 2.48. The van der Waals surface area contributed by atoms with Gasteiger partial charge in [-0.3, -0.25) is 14.5 Å². The summed E-state index contributed by atoms with van der Waals surface area (Å²) in [6, 6.07) is 6.93. The molecule has 2 heterocycles. The second kappa shape index (κ2) is 4.43. The van der Waals surface area contributed by atoms with E-state index in [4.69, 9.17) is 10.5 Å². The van der Waals surface area contributed by atoms with E-state index in [1.807, 2.05) is 0 Å². The quantitative estimate of drug-likeness (QED) is 0.798. The van der Waals surface area contributed by atoms with Gasteiger partial charge in [0, 0.05) is 19.8 Å². The van der Waals surface area contributed by atoms with Gasteiger partial charge >= 0.3 is 0 Å². The number of hydrogen-bond donors (Lipinski definition) is 1. The molecule has 0 aromatic heterocycles. The zero-order chi connectivity index (χ0) is 13.5. The minimum atomic E-state index is -0.592. The molecule has 5 heteroatoms. The maximum absolute atomic E-state index is 12.5. The molecule has 0 bridgehead atoms. The summed E-state index contributed by atoms with van der Waals surface area (Å²) in [5.41, 5.74) is 6.24. The van der Waals surface area contributed by atoms with Crippen molar-refractivity contribution in [1.82, 2.24) is 4.90 Å². The molecule has 1 fully saturated rings. The van der Waals surface area contributed by atoms with Gasteiger partial charge in [0.25, 0.3) is 11.8 Å². The maximum atomic E-state index is 12.5. The van der Waals surface area contributed by atoms with E-state index in [0.29, 0.717) is 37.2 Å². The highest BCUT2D eigenvalue weighted by Crippen LogP contribution is 2.34. The van der Waals surface area contributed by atoms with E-state index in [1.54, 1.807) is 24.3 Å². The van der Waals surface area contributed by atoms with Crippen LogP contribution in [0.2, 0.25) is 0 Å². The largest absolute Gasteiger partial charge is 0.381 e. The summed E-state index contributed by atoms with van der Waals surface area (Å²) in [6.45, 7) is 1.34. The average Bonchev–Trinajstić information content (AvgIpc) is 2.73. The molecule has 0 aliphatic carbocycles. The van der Waals surface area contributed by atoms with E-state index in [0.717, 1.165) is 0 Å². The Labute approximate surface area is 111 Å². The third-order valence-corrected chi connectivity index (χ3v) is 4.07. The third-order valence-electron chi connectivity index (χ3n) is 4.07. The summed E-state index contributed by atoms with van der Waals surface area (Å²) in [5.74, 6) is -0.457. The number of amides is 2. The molecule has 2 aliphatic rings.